The minimum atomic E-state index is -1.14. The minimum Gasteiger partial charge on any atom is -0.394 e. The number of fused-ring (bicyclic) bond motifs is 1. The van der Waals surface area contributed by atoms with Crippen molar-refractivity contribution in [3.05, 3.63) is 42.7 Å². The lowest BCUT2D eigenvalue weighted by Gasteiger charge is -2.43. The van der Waals surface area contributed by atoms with Crippen molar-refractivity contribution in [3.63, 3.8) is 0 Å². The molecule has 34 heavy (non-hydrogen) atoms. The summed E-state index contributed by atoms with van der Waals surface area (Å²) in [5, 5.41) is 20.7. The summed E-state index contributed by atoms with van der Waals surface area (Å²) in [7, 11) is 1.54. The van der Waals surface area contributed by atoms with Gasteiger partial charge in [0.25, 0.3) is 0 Å². The van der Waals surface area contributed by atoms with E-state index in [0.29, 0.717) is 42.8 Å². The van der Waals surface area contributed by atoms with Gasteiger partial charge in [-0.25, -0.2) is 19.3 Å². The van der Waals surface area contributed by atoms with Gasteiger partial charge in [-0.2, -0.15) is 0 Å². The average molecular weight is 474 g/mol. The number of para-hydroxylation sites is 1. The van der Waals surface area contributed by atoms with Crippen molar-refractivity contribution in [1.29, 1.82) is 0 Å². The first-order valence-corrected chi connectivity index (χ1v) is 11.1. The summed E-state index contributed by atoms with van der Waals surface area (Å²) in [6.07, 6.45) is -0.0930. The Kier molecular flexibility index (Phi) is 6.08. The molecule has 0 amide bonds. The van der Waals surface area contributed by atoms with Crippen LogP contribution in [0.5, 0.6) is 0 Å². The lowest BCUT2D eigenvalue weighted by atomic mass is 10.0. The molecule has 0 aliphatic carbocycles. The number of ether oxygens (including phenoxy) is 3. The van der Waals surface area contributed by atoms with E-state index in [1.54, 1.807) is 29.9 Å². The zero-order chi connectivity index (χ0) is 23.9. The number of nitrogen functional groups attached to an aromatic ring is 1. The SMILES string of the molecule is COC1(O[C@@H]2[C@H](O)[C@@H](CO)O[C@H]2n2cnc3c(N)ncnc32)CCN(c2ccccc2F)CC1. The molecule has 2 aromatic heterocycles. The van der Waals surface area contributed by atoms with Crippen molar-refractivity contribution in [3.8, 4) is 0 Å². The second-order valence-corrected chi connectivity index (χ2v) is 8.46. The summed E-state index contributed by atoms with van der Waals surface area (Å²) in [5.41, 5.74) is 7.24. The normalized spacial score (nSPS) is 26.9. The highest BCUT2D eigenvalue weighted by Gasteiger charge is 2.50. The number of nitrogens with two attached hydrogens (primary N) is 1. The van der Waals surface area contributed by atoms with Gasteiger partial charge in [-0.05, 0) is 12.1 Å². The molecule has 4 N–H and O–H groups in total. The predicted octanol–water partition coefficient (Wildman–Crippen LogP) is 0.827. The van der Waals surface area contributed by atoms with Gasteiger partial charge in [-0.1, -0.05) is 12.1 Å². The van der Waals surface area contributed by atoms with Crippen LogP contribution in [0.3, 0.4) is 0 Å². The van der Waals surface area contributed by atoms with Crippen LogP contribution in [0.2, 0.25) is 0 Å². The van der Waals surface area contributed by atoms with Gasteiger partial charge in [0.1, 0.15) is 36.0 Å². The van der Waals surface area contributed by atoms with Crippen molar-refractivity contribution in [2.45, 2.75) is 43.2 Å². The van der Waals surface area contributed by atoms with E-state index in [2.05, 4.69) is 15.0 Å². The second kappa shape index (κ2) is 9.04. The maximum atomic E-state index is 14.3. The Hall–Kier alpha value is -2.90. The van der Waals surface area contributed by atoms with E-state index in [9.17, 15) is 14.6 Å². The Morgan fingerprint density at radius 3 is 2.71 bits per heavy atom. The highest BCUT2D eigenvalue weighted by Crippen LogP contribution is 2.40. The molecule has 2 fully saturated rings. The Labute approximate surface area is 194 Å². The molecule has 182 valence electrons. The highest BCUT2D eigenvalue weighted by molar-refractivity contribution is 5.81. The summed E-state index contributed by atoms with van der Waals surface area (Å²) in [4.78, 5) is 14.4. The van der Waals surface area contributed by atoms with E-state index in [4.69, 9.17) is 19.9 Å². The van der Waals surface area contributed by atoms with Crippen molar-refractivity contribution in [2.75, 3.05) is 37.4 Å². The number of imidazole rings is 1. The number of rotatable bonds is 6. The first-order chi connectivity index (χ1) is 16.5. The van der Waals surface area contributed by atoms with Crippen LogP contribution in [-0.4, -0.2) is 80.6 Å². The van der Waals surface area contributed by atoms with E-state index in [0.717, 1.165) is 0 Å². The topological polar surface area (TPSA) is 141 Å². The Balaban J connectivity index is 1.40. The van der Waals surface area contributed by atoms with Crippen LogP contribution in [0.25, 0.3) is 11.2 Å². The highest BCUT2D eigenvalue weighted by atomic mass is 19.1. The van der Waals surface area contributed by atoms with Gasteiger partial charge in [0, 0.05) is 33.0 Å². The van der Waals surface area contributed by atoms with E-state index in [1.165, 1.54) is 18.7 Å². The first kappa shape index (κ1) is 22.9. The van der Waals surface area contributed by atoms with Crippen LogP contribution >= 0.6 is 0 Å². The number of aliphatic hydroxyl groups is 2. The standard InChI is InChI=1S/C22H27FN6O5/c1-32-22(6-8-28(9-7-22)14-5-3-2-4-13(14)23)34-18-17(31)15(10-30)33-21(18)29-12-27-16-19(24)25-11-26-20(16)29/h2-5,11-12,15,17-18,21,30-31H,6-10H2,1H3,(H2,24,25,26)/t15-,17-,18-,21-/m1/s1. The number of hydrogen-bond acceptors (Lipinski definition) is 10. The third-order valence-corrected chi connectivity index (χ3v) is 6.60. The van der Waals surface area contributed by atoms with Crippen molar-refractivity contribution in [1.82, 2.24) is 19.5 Å². The molecule has 5 rings (SSSR count). The fraction of sp³-hybridized carbons (Fsp3) is 0.500. The average Bonchev–Trinajstić information content (AvgIpc) is 3.42. The number of anilines is 2. The number of aromatic nitrogens is 4. The number of aliphatic hydroxyl groups excluding tert-OH is 2. The fourth-order valence-electron chi connectivity index (χ4n) is 4.69. The molecular weight excluding hydrogens is 447 g/mol. The van der Waals surface area contributed by atoms with Crippen LogP contribution in [0.4, 0.5) is 15.9 Å². The summed E-state index contributed by atoms with van der Waals surface area (Å²) in [5.74, 6) is -1.11. The molecule has 3 aromatic rings. The molecule has 0 bridgehead atoms. The van der Waals surface area contributed by atoms with Crippen molar-refractivity contribution in [2.24, 2.45) is 0 Å². The van der Waals surface area contributed by atoms with Gasteiger partial charge in [0.2, 0.25) is 0 Å². The quantitative estimate of drug-likeness (QED) is 0.440. The van der Waals surface area contributed by atoms with E-state index >= 15 is 0 Å². The molecule has 2 aliphatic heterocycles. The molecule has 11 nitrogen and oxygen atoms in total. The third kappa shape index (κ3) is 3.87. The molecule has 2 saturated heterocycles. The predicted molar refractivity (Wildman–Crippen MR) is 119 cm³/mol. The van der Waals surface area contributed by atoms with Gasteiger partial charge in [0.15, 0.2) is 23.5 Å². The Morgan fingerprint density at radius 2 is 2.00 bits per heavy atom. The van der Waals surface area contributed by atoms with E-state index < -0.39 is 36.9 Å². The first-order valence-electron chi connectivity index (χ1n) is 11.1. The van der Waals surface area contributed by atoms with Crippen LogP contribution in [-0.2, 0) is 14.2 Å². The van der Waals surface area contributed by atoms with Gasteiger partial charge < -0.3 is 35.1 Å². The van der Waals surface area contributed by atoms with Crippen molar-refractivity contribution >= 4 is 22.7 Å². The zero-order valence-corrected chi connectivity index (χ0v) is 18.6. The molecule has 2 aliphatic rings. The number of piperidine rings is 1. The lowest BCUT2D eigenvalue weighted by molar-refractivity contribution is -0.275. The molecule has 0 spiro atoms. The summed E-state index contributed by atoms with van der Waals surface area (Å²) < 4.78 is 34.0. The smallest absolute Gasteiger partial charge is 0.172 e. The number of methoxy groups -OCH3 is 1. The molecule has 0 saturated carbocycles. The number of benzene rings is 1. The number of halogens is 1. The summed E-state index contributed by atoms with van der Waals surface area (Å²) in [6, 6.07) is 6.62. The van der Waals surface area contributed by atoms with Gasteiger partial charge in [-0.15, -0.1) is 0 Å². The van der Waals surface area contributed by atoms with Crippen LogP contribution in [0.15, 0.2) is 36.9 Å². The number of hydrogen-bond donors (Lipinski definition) is 3. The van der Waals surface area contributed by atoms with Gasteiger partial charge in [-0.3, -0.25) is 4.57 Å². The second-order valence-electron chi connectivity index (χ2n) is 8.46. The molecular formula is C22H27FN6O5. The largest absolute Gasteiger partial charge is 0.394 e. The maximum Gasteiger partial charge on any atom is 0.172 e. The van der Waals surface area contributed by atoms with Crippen LogP contribution in [0.1, 0.15) is 19.1 Å². The van der Waals surface area contributed by atoms with E-state index in [-0.39, 0.29) is 11.6 Å². The maximum absolute atomic E-state index is 14.3. The van der Waals surface area contributed by atoms with Crippen molar-refractivity contribution < 1.29 is 28.8 Å². The van der Waals surface area contributed by atoms with E-state index in [1.807, 2.05) is 4.90 Å². The summed E-state index contributed by atoms with van der Waals surface area (Å²) >= 11 is 0. The van der Waals surface area contributed by atoms with Crippen LogP contribution in [0, 0.1) is 5.82 Å². The Morgan fingerprint density at radius 1 is 1.24 bits per heavy atom. The van der Waals surface area contributed by atoms with Crippen LogP contribution < -0.4 is 10.6 Å². The monoisotopic (exact) mass is 474 g/mol. The van der Waals surface area contributed by atoms with Gasteiger partial charge >= 0.3 is 0 Å². The third-order valence-electron chi connectivity index (χ3n) is 6.60. The molecule has 4 heterocycles. The zero-order valence-electron chi connectivity index (χ0n) is 18.6. The fourth-order valence-corrected chi connectivity index (χ4v) is 4.69. The molecule has 12 heteroatoms. The molecule has 0 radical (unpaired) electrons. The lowest BCUT2D eigenvalue weighted by Crippen LogP contribution is -2.52. The molecule has 0 unspecified atom stereocenters. The Bertz CT molecular complexity index is 1150. The minimum absolute atomic E-state index is 0.215. The molecule has 1 aromatic carbocycles. The summed E-state index contributed by atoms with van der Waals surface area (Å²) in [6.45, 7) is 0.580. The number of nitrogens with zero attached hydrogens (tertiary/aromatic N) is 5. The molecule has 4 atom stereocenters. The van der Waals surface area contributed by atoms with Gasteiger partial charge in [0.05, 0.1) is 18.6 Å².